The Hall–Kier alpha value is -2.35. The van der Waals surface area contributed by atoms with E-state index >= 15 is 0 Å². The molecule has 0 unspecified atom stereocenters. The number of aromatic nitrogens is 2. The third kappa shape index (κ3) is 3.68. The number of nitrogens with zero attached hydrogens (tertiary/aromatic N) is 2. The smallest absolute Gasteiger partial charge is 0.240 e. The van der Waals surface area contributed by atoms with E-state index < -0.39 is 0 Å². The van der Waals surface area contributed by atoms with Gasteiger partial charge in [0.1, 0.15) is 5.82 Å². The van der Waals surface area contributed by atoms with Crippen LogP contribution in [0, 0.1) is 5.82 Å². The highest BCUT2D eigenvalue weighted by molar-refractivity contribution is 7.13. The molecule has 0 fully saturated rings. The molecule has 25 heavy (non-hydrogen) atoms. The van der Waals surface area contributed by atoms with Crippen LogP contribution in [0.25, 0.3) is 10.7 Å². The average molecular weight is 371 g/mol. The van der Waals surface area contributed by atoms with E-state index in [2.05, 4.69) is 21.5 Å². The molecule has 3 aromatic heterocycles. The summed E-state index contributed by atoms with van der Waals surface area (Å²) in [5.74, 6) is 0.875. The molecule has 4 rings (SSSR count). The fraction of sp³-hybridized carbons (Fsp3) is 0.111. The van der Waals surface area contributed by atoms with E-state index in [4.69, 9.17) is 4.52 Å². The second-order valence-corrected chi connectivity index (χ2v) is 7.30. The van der Waals surface area contributed by atoms with Crippen molar-refractivity contribution in [3.05, 3.63) is 81.4 Å². The average Bonchev–Trinajstić information content (AvgIpc) is 3.39. The van der Waals surface area contributed by atoms with Crippen LogP contribution in [-0.4, -0.2) is 10.1 Å². The van der Waals surface area contributed by atoms with Crippen LogP contribution in [0.3, 0.4) is 0 Å². The van der Waals surface area contributed by atoms with E-state index in [0.717, 1.165) is 15.3 Å². The molecule has 3 heterocycles. The third-order valence-electron chi connectivity index (χ3n) is 3.70. The first kappa shape index (κ1) is 16.1. The van der Waals surface area contributed by atoms with Gasteiger partial charge in [-0.3, -0.25) is 5.32 Å². The maximum absolute atomic E-state index is 13.2. The molecule has 0 saturated carbocycles. The van der Waals surface area contributed by atoms with E-state index in [0.29, 0.717) is 18.3 Å². The molecule has 4 aromatic rings. The zero-order chi connectivity index (χ0) is 17.1. The fourth-order valence-corrected chi connectivity index (χ4v) is 3.99. The molecule has 0 bridgehead atoms. The topological polar surface area (TPSA) is 51.0 Å². The van der Waals surface area contributed by atoms with Gasteiger partial charge in [-0.25, -0.2) is 4.39 Å². The van der Waals surface area contributed by atoms with Crippen molar-refractivity contribution in [1.29, 1.82) is 0 Å². The highest BCUT2D eigenvalue weighted by Crippen LogP contribution is 2.27. The van der Waals surface area contributed by atoms with Crippen LogP contribution in [-0.2, 0) is 6.54 Å². The van der Waals surface area contributed by atoms with Gasteiger partial charge in [0.05, 0.1) is 17.5 Å². The molecule has 1 atom stereocenters. The van der Waals surface area contributed by atoms with Gasteiger partial charge in [-0.1, -0.05) is 29.4 Å². The highest BCUT2D eigenvalue weighted by Gasteiger charge is 2.17. The van der Waals surface area contributed by atoms with Crippen molar-refractivity contribution in [3.63, 3.8) is 0 Å². The van der Waals surface area contributed by atoms with E-state index in [1.54, 1.807) is 34.8 Å². The molecule has 1 N–H and O–H groups in total. The van der Waals surface area contributed by atoms with Crippen molar-refractivity contribution in [2.24, 2.45) is 0 Å². The summed E-state index contributed by atoms with van der Waals surface area (Å²) in [5.41, 5.74) is 0.988. The summed E-state index contributed by atoms with van der Waals surface area (Å²) in [6.07, 6.45) is 0. The molecule has 0 aliphatic rings. The van der Waals surface area contributed by atoms with Crippen molar-refractivity contribution < 1.29 is 8.91 Å². The lowest BCUT2D eigenvalue weighted by Gasteiger charge is -2.17. The Bertz CT molecular complexity index is 918. The second-order valence-electron chi connectivity index (χ2n) is 5.37. The zero-order valence-corrected chi connectivity index (χ0v) is 14.7. The van der Waals surface area contributed by atoms with Gasteiger partial charge in [-0.2, -0.15) is 4.98 Å². The first-order valence-corrected chi connectivity index (χ1v) is 9.44. The first-order valence-electron chi connectivity index (χ1n) is 7.68. The Labute approximate surface area is 152 Å². The number of rotatable bonds is 6. The normalized spacial score (nSPS) is 12.4. The van der Waals surface area contributed by atoms with Gasteiger partial charge in [0, 0.05) is 4.88 Å². The molecular formula is C18H14FN3OS2. The number of hydrogen-bond acceptors (Lipinski definition) is 6. The number of nitrogens with one attached hydrogen (secondary N) is 1. The molecule has 0 saturated heterocycles. The van der Waals surface area contributed by atoms with Gasteiger partial charge in [-0.15, -0.1) is 22.7 Å². The Morgan fingerprint density at radius 2 is 1.84 bits per heavy atom. The maximum Gasteiger partial charge on any atom is 0.240 e. The summed E-state index contributed by atoms with van der Waals surface area (Å²) in [6, 6.07) is 14.4. The van der Waals surface area contributed by atoms with Crippen LogP contribution in [0.4, 0.5) is 4.39 Å². The lowest BCUT2D eigenvalue weighted by atomic mass is 10.1. The minimum Gasteiger partial charge on any atom is -0.338 e. The van der Waals surface area contributed by atoms with Gasteiger partial charge in [0.15, 0.2) is 0 Å². The summed E-state index contributed by atoms with van der Waals surface area (Å²) in [7, 11) is 0. The monoisotopic (exact) mass is 371 g/mol. The lowest BCUT2D eigenvalue weighted by molar-refractivity contribution is 0.363. The van der Waals surface area contributed by atoms with Gasteiger partial charge < -0.3 is 4.52 Å². The molecule has 126 valence electrons. The molecule has 0 amide bonds. The Kier molecular flexibility index (Phi) is 4.69. The SMILES string of the molecule is Fc1ccc([C@@H](NCc2nc(-c3cccs3)no2)c2cccs2)cc1. The molecule has 0 aliphatic carbocycles. The van der Waals surface area contributed by atoms with Gasteiger partial charge >= 0.3 is 0 Å². The van der Waals surface area contributed by atoms with Crippen molar-refractivity contribution >= 4 is 22.7 Å². The molecule has 0 aliphatic heterocycles. The molecule has 0 radical (unpaired) electrons. The minimum absolute atomic E-state index is 0.0577. The molecule has 0 spiro atoms. The highest BCUT2D eigenvalue weighted by atomic mass is 32.1. The van der Waals surface area contributed by atoms with Gasteiger partial charge in [0.2, 0.25) is 11.7 Å². The first-order chi connectivity index (χ1) is 12.3. The lowest BCUT2D eigenvalue weighted by Crippen LogP contribution is -2.21. The Balaban J connectivity index is 1.52. The summed E-state index contributed by atoms with van der Waals surface area (Å²) < 4.78 is 18.6. The largest absolute Gasteiger partial charge is 0.338 e. The van der Waals surface area contributed by atoms with E-state index in [1.807, 2.05) is 29.0 Å². The van der Waals surface area contributed by atoms with E-state index in [9.17, 15) is 4.39 Å². The van der Waals surface area contributed by atoms with Crippen molar-refractivity contribution in [1.82, 2.24) is 15.5 Å². The van der Waals surface area contributed by atoms with Crippen molar-refractivity contribution in [2.45, 2.75) is 12.6 Å². The maximum atomic E-state index is 13.2. The summed E-state index contributed by atoms with van der Waals surface area (Å²) >= 11 is 3.22. The van der Waals surface area contributed by atoms with Gasteiger partial charge in [0.25, 0.3) is 0 Å². The number of benzene rings is 1. The molecule has 7 heteroatoms. The van der Waals surface area contributed by atoms with Crippen LogP contribution in [0.1, 0.15) is 22.4 Å². The molecule has 1 aromatic carbocycles. The standard InChI is InChI=1S/C18H14FN3OS2/c19-13-7-5-12(6-8-13)17(14-3-1-9-24-14)20-11-16-21-18(22-23-16)15-4-2-10-25-15/h1-10,17,20H,11H2/t17-/m1/s1. The molecule has 4 nitrogen and oxygen atoms in total. The zero-order valence-electron chi connectivity index (χ0n) is 13.1. The fourth-order valence-electron chi connectivity index (χ4n) is 2.52. The van der Waals surface area contributed by atoms with Crippen LogP contribution in [0.15, 0.2) is 63.8 Å². The van der Waals surface area contributed by atoms with Crippen LogP contribution in [0.5, 0.6) is 0 Å². The number of thiophene rings is 2. The summed E-state index contributed by atoms with van der Waals surface area (Å²) in [5, 5.41) is 11.4. The van der Waals surface area contributed by atoms with Gasteiger partial charge in [-0.05, 0) is 40.6 Å². The predicted molar refractivity (Wildman–Crippen MR) is 97.0 cm³/mol. The van der Waals surface area contributed by atoms with Crippen molar-refractivity contribution in [2.75, 3.05) is 0 Å². The van der Waals surface area contributed by atoms with E-state index in [-0.39, 0.29) is 11.9 Å². The number of halogens is 1. The summed E-state index contributed by atoms with van der Waals surface area (Å²) in [6.45, 7) is 0.429. The Morgan fingerprint density at radius 1 is 1.04 bits per heavy atom. The second kappa shape index (κ2) is 7.26. The van der Waals surface area contributed by atoms with Crippen LogP contribution >= 0.6 is 22.7 Å². The minimum atomic E-state index is -0.244. The molecular weight excluding hydrogens is 357 g/mol. The van der Waals surface area contributed by atoms with E-state index in [1.165, 1.54) is 12.1 Å². The summed E-state index contributed by atoms with van der Waals surface area (Å²) in [4.78, 5) is 6.55. The van der Waals surface area contributed by atoms with Crippen LogP contribution in [0.2, 0.25) is 0 Å². The Morgan fingerprint density at radius 3 is 2.56 bits per heavy atom. The quantitative estimate of drug-likeness (QED) is 0.525. The van der Waals surface area contributed by atoms with Crippen LogP contribution < -0.4 is 5.32 Å². The third-order valence-corrected chi connectivity index (χ3v) is 5.50. The number of hydrogen-bond donors (Lipinski definition) is 1. The predicted octanol–water partition coefficient (Wildman–Crippen LogP) is 4.88. The van der Waals surface area contributed by atoms with Crippen molar-refractivity contribution in [3.8, 4) is 10.7 Å².